The monoisotopic (exact) mass is 380 g/mol. The quantitative estimate of drug-likeness (QED) is 0.807. The van der Waals surface area contributed by atoms with E-state index >= 15 is 0 Å². The summed E-state index contributed by atoms with van der Waals surface area (Å²) in [5, 5.41) is 2.85. The predicted octanol–water partition coefficient (Wildman–Crippen LogP) is 2.14. The number of ether oxygens (including phenoxy) is 2. The maximum atomic E-state index is 13.1. The summed E-state index contributed by atoms with van der Waals surface area (Å²) < 4.78 is 10.9. The summed E-state index contributed by atoms with van der Waals surface area (Å²) in [4.78, 5) is 27.4. The van der Waals surface area contributed by atoms with Crippen molar-refractivity contribution < 1.29 is 19.1 Å². The summed E-state index contributed by atoms with van der Waals surface area (Å²) in [6, 6.07) is 17.2. The first-order valence-electron chi connectivity index (χ1n) is 9.49. The van der Waals surface area contributed by atoms with E-state index in [1.807, 2.05) is 59.5 Å². The smallest absolute Gasteiger partial charge is 0.258 e. The standard InChI is InChI=1S/C22H24N2O4/c1-27-12-11-23-20(25)19-13-22(15-28-19)14-24(18-10-6-5-9-17(18)22)21(26)16-7-3-2-4-8-16/h2-10,19H,11-15H2,1H3,(H,23,25)/t19-,22+/m0/s1. The van der Waals surface area contributed by atoms with E-state index in [0.29, 0.717) is 38.3 Å². The molecule has 0 aromatic heterocycles. The maximum absolute atomic E-state index is 13.1. The SMILES string of the molecule is COCCNC(=O)[C@@H]1C[C@]2(CO1)CN(C(=O)c1ccccc1)c1ccccc12. The van der Waals surface area contributed by atoms with Crippen LogP contribution in [-0.2, 0) is 19.7 Å². The van der Waals surface area contributed by atoms with Gasteiger partial charge in [0.2, 0.25) is 5.91 Å². The molecule has 4 rings (SSSR count). The number of para-hydroxylation sites is 1. The molecule has 2 aliphatic heterocycles. The molecular weight excluding hydrogens is 356 g/mol. The maximum Gasteiger partial charge on any atom is 0.258 e. The van der Waals surface area contributed by atoms with Crippen molar-refractivity contribution in [2.45, 2.75) is 17.9 Å². The van der Waals surface area contributed by atoms with E-state index in [1.165, 1.54) is 0 Å². The lowest BCUT2D eigenvalue weighted by Gasteiger charge is -2.23. The van der Waals surface area contributed by atoms with Crippen LogP contribution in [0, 0.1) is 0 Å². The molecule has 28 heavy (non-hydrogen) atoms. The average Bonchev–Trinajstić information content (AvgIpc) is 3.31. The minimum absolute atomic E-state index is 0.0297. The Labute approximate surface area is 164 Å². The van der Waals surface area contributed by atoms with E-state index in [2.05, 4.69) is 5.32 Å². The first-order valence-corrected chi connectivity index (χ1v) is 9.49. The number of nitrogens with zero attached hydrogens (tertiary/aromatic N) is 1. The molecule has 0 radical (unpaired) electrons. The molecule has 2 aliphatic rings. The molecule has 2 aromatic carbocycles. The Bertz CT molecular complexity index is 870. The van der Waals surface area contributed by atoms with Crippen LogP contribution in [0.15, 0.2) is 54.6 Å². The molecule has 1 saturated heterocycles. The van der Waals surface area contributed by atoms with Gasteiger partial charge < -0.3 is 19.7 Å². The van der Waals surface area contributed by atoms with Crippen LogP contribution in [0.2, 0.25) is 0 Å². The van der Waals surface area contributed by atoms with Gasteiger partial charge in [-0.05, 0) is 30.2 Å². The van der Waals surface area contributed by atoms with Gasteiger partial charge in [0.25, 0.3) is 5.91 Å². The van der Waals surface area contributed by atoms with Crippen molar-refractivity contribution in [1.29, 1.82) is 0 Å². The van der Waals surface area contributed by atoms with Crippen LogP contribution in [-0.4, -0.2) is 51.3 Å². The van der Waals surface area contributed by atoms with Gasteiger partial charge in [-0.2, -0.15) is 0 Å². The summed E-state index contributed by atoms with van der Waals surface area (Å²) in [7, 11) is 1.60. The van der Waals surface area contributed by atoms with Crippen molar-refractivity contribution in [3.8, 4) is 0 Å². The van der Waals surface area contributed by atoms with Crippen LogP contribution in [0.3, 0.4) is 0 Å². The molecule has 0 bridgehead atoms. The number of hydrogen-bond acceptors (Lipinski definition) is 4. The Morgan fingerprint density at radius 2 is 1.93 bits per heavy atom. The van der Waals surface area contributed by atoms with Gasteiger partial charge in [-0.15, -0.1) is 0 Å². The third kappa shape index (κ3) is 3.30. The highest BCUT2D eigenvalue weighted by molar-refractivity contribution is 6.07. The van der Waals surface area contributed by atoms with Gasteiger partial charge in [-0.1, -0.05) is 36.4 Å². The molecule has 2 atom stereocenters. The molecule has 146 valence electrons. The lowest BCUT2D eigenvalue weighted by Crippen LogP contribution is -2.39. The third-order valence-corrected chi connectivity index (χ3v) is 5.53. The summed E-state index contributed by atoms with van der Waals surface area (Å²) in [5.74, 6) is -0.155. The molecule has 2 heterocycles. The zero-order chi connectivity index (χ0) is 19.6. The highest BCUT2D eigenvalue weighted by Gasteiger charge is 2.51. The van der Waals surface area contributed by atoms with Crippen molar-refractivity contribution in [2.24, 2.45) is 0 Å². The predicted molar refractivity (Wildman–Crippen MR) is 105 cm³/mol. The molecule has 6 heteroatoms. The summed E-state index contributed by atoms with van der Waals surface area (Å²) in [6.45, 7) is 1.86. The summed E-state index contributed by atoms with van der Waals surface area (Å²) in [5.41, 5.74) is 2.28. The number of rotatable bonds is 5. The zero-order valence-electron chi connectivity index (χ0n) is 15.9. The number of methoxy groups -OCH3 is 1. The lowest BCUT2D eigenvalue weighted by molar-refractivity contribution is -0.130. The fourth-order valence-electron chi connectivity index (χ4n) is 4.14. The second-order valence-corrected chi connectivity index (χ2v) is 7.34. The largest absolute Gasteiger partial charge is 0.383 e. The first kappa shape index (κ1) is 18.7. The Hall–Kier alpha value is -2.70. The highest BCUT2D eigenvalue weighted by Crippen LogP contribution is 2.47. The third-order valence-electron chi connectivity index (χ3n) is 5.53. The molecule has 0 aliphatic carbocycles. The van der Waals surface area contributed by atoms with Crippen LogP contribution in [0.25, 0.3) is 0 Å². The number of carbonyl (C=O) groups excluding carboxylic acids is 2. The molecule has 6 nitrogen and oxygen atoms in total. The van der Waals surface area contributed by atoms with Gasteiger partial charge in [0, 0.05) is 36.9 Å². The molecule has 2 aromatic rings. The van der Waals surface area contributed by atoms with Gasteiger partial charge in [-0.3, -0.25) is 9.59 Å². The van der Waals surface area contributed by atoms with E-state index in [4.69, 9.17) is 9.47 Å². The van der Waals surface area contributed by atoms with Gasteiger partial charge in [0.1, 0.15) is 6.10 Å². The van der Waals surface area contributed by atoms with Gasteiger partial charge >= 0.3 is 0 Å². The zero-order valence-corrected chi connectivity index (χ0v) is 15.9. The van der Waals surface area contributed by atoms with Crippen molar-refractivity contribution in [3.63, 3.8) is 0 Å². The number of benzene rings is 2. The summed E-state index contributed by atoms with van der Waals surface area (Å²) in [6.07, 6.45) is 0.0400. The number of amides is 2. The van der Waals surface area contributed by atoms with Crippen molar-refractivity contribution in [3.05, 3.63) is 65.7 Å². The summed E-state index contributed by atoms with van der Waals surface area (Å²) >= 11 is 0. The van der Waals surface area contributed by atoms with Gasteiger partial charge in [-0.25, -0.2) is 0 Å². The molecule has 1 N–H and O–H groups in total. The van der Waals surface area contributed by atoms with Crippen molar-refractivity contribution >= 4 is 17.5 Å². The van der Waals surface area contributed by atoms with Crippen LogP contribution >= 0.6 is 0 Å². The first-order chi connectivity index (χ1) is 13.6. The van der Waals surface area contributed by atoms with Gasteiger partial charge in [0.05, 0.1) is 13.2 Å². The Balaban J connectivity index is 1.57. The number of fused-ring (bicyclic) bond motifs is 2. The fourth-order valence-corrected chi connectivity index (χ4v) is 4.14. The minimum Gasteiger partial charge on any atom is -0.383 e. The topological polar surface area (TPSA) is 67.9 Å². The number of nitrogens with one attached hydrogen (secondary N) is 1. The van der Waals surface area contributed by atoms with E-state index in [9.17, 15) is 9.59 Å². The highest BCUT2D eigenvalue weighted by atomic mass is 16.5. The van der Waals surface area contributed by atoms with Crippen LogP contribution in [0.1, 0.15) is 22.3 Å². The van der Waals surface area contributed by atoms with Crippen molar-refractivity contribution in [1.82, 2.24) is 5.32 Å². The van der Waals surface area contributed by atoms with E-state index < -0.39 is 6.10 Å². The van der Waals surface area contributed by atoms with Crippen LogP contribution in [0.5, 0.6) is 0 Å². The second-order valence-electron chi connectivity index (χ2n) is 7.34. The Kier molecular flexibility index (Phi) is 5.15. The van der Waals surface area contributed by atoms with Gasteiger partial charge in [0.15, 0.2) is 0 Å². The molecule has 1 spiro atoms. The van der Waals surface area contributed by atoms with Crippen LogP contribution in [0.4, 0.5) is 5.69 Å². The van der Waals surface area contributed by atoms with E-state index in [0.717, 1.165) is 11.3 Å². The van der Waals surface area contributed by atoms with Crippen molar-refractivity contribution in [2.75, 3.05) is 38.3 Å². The number of anilines is 1. The number of hydrogen-bond donors (Lipinski definition) is 1. The molecule has 0 saturated carbocycles. The van der Waals surface area contributed by atoms with E-state index in [-0.39, 0.29) is 17.2 Å². The normalized spacial score (nSPS) is 23.0. The minimum atomic E-state index is -0.517. The Morgan fingerprint density at radius 1 is 1.18 bits per heavy atom. The average molecular weight is 380 g/mol. The van der Waals surface area contributed by atoms with Crippen LogP contribution < -0.4 is 10.2 Å². The molecule has 0 unspecified atom stereocenters. The second kappa shape index (κ2) is 7.73. The number of carbonyl (C=O) groups is 2. The lowest BCUT2D eigenvalue weighted by atomic mass is 9.80. The van der Waals surface area contributed by atoms with E-state index in [1.54, 1.807) is 7.11 Å². The molecular formula is C22H24N2O4. The molecule has 1 fully saturated rings. The fraction of sp³-hybridized carbons (Fsp3) is 0.364. The Morgan fingerprint density at radius 3 is 2.71 bits per heavy atom. The molecule has 2 amide bonds.